The molecule has 0 bridgehead atoms. The second-order valence-electron chi connectivity index (χ2n) is 5.46. The van der Waals surface area contributed by atoms with Crippen molar-refractivity contribution in [1.82, 2.24) is 15.0 Å². The van der Waals surface area contributed by atoms with Gasteiger partial charge in [-0.25, -0.2) is 15.0 Å². The average Bonchev–Trinajstić information content (AvgIpc) is 2.97. The molecule has 0 amide bonds. The van der Waals surface area contributed by atoms with E-state index in [1.807, 2.05) is 18.3 Å². The Balaban J connectivity index is 1.57. The van der Waals surface area contributed by atoms with Crippen molar-refractivity contribution in [3.05, 3.63) is 41.7 Å². The van der Waals surface area contributed by atoms with E-state index in [4.69, 9.17) is 0 Å². The lowest BCUT2D eigenvalue weighted by Crippen LogP contribution is -2.47. The molecule has 1 saturated heterocycles. The van der Waals surface area contributed by atoms with Gasteiger partial charge in [0.2, 0.25) is 0 Å². The van der Waals surface area contributed by atoms with Crippen LogP contribution in [0.5, 0.6) is 0 Å². The second-order valence-corrected chi connectivity index (χ2v) is 6.32. The summed E-state index contributed by atoms with van der Waals surface area (Å²) in [6.45, 7) is 5.98. The minimum atomic E-state index is 0.956. The molecule has 0 aromatic carbocycles. The van der Waals surface area contributed by atoms with Crippen LogP contribution in [0.1, 0.15) is 5.56 Å². The van der Waals surface area contributed by atoms with E-state index in [0.29, 0.717) is 0 Å². The van der Waals surface area contributed by atoms with Gasteiger partial charge < -0.3 is 9.80 Å². The Morgan fingerprint density at radius 1 is 1.00 bits per heavy atom. The molecule has 4 heterocycles. The molecule has 0 spiro atoms. The molecule has 112 valence electrons. The van der Waals surface area contributed by atoms with Crippen molar-refractivity contribution in [2.45, 2.75) is 6.92 Å². The van der Waals surface area contributed by atoms with Crippen molar-refractivity contribution in [1.29, 1.82) is 0 Å². The Morgan fingerprint density at radius 2 is 1.82 bits per heavy atom. The minimum absolute atomic E-state index is 0.956. The molecular formula is C16H17N5S. The monoisotopic (exact) mass is 311 g/mol. The molecule has 22 heavy (non-hydrogen) atoms. The summed E-state index contributed by atoms with van der Waals surface area (Å²) in [7, 11) is 0. The zero-order valence-corrected chi connectivity index (χ0v) is 13.3. The van der Waals surface area contributed by atoms with Crippen LogP contribution < -0.4 is 9.80 Å². The largest absolute Gasteiger partial charge is 0.353 e. The van der Waals surface area contributed by atoms with Crippen LogP contribution in [-0.4, -0.2) is 41.1 Å². The summed E-state index contributed by atoms with van der Waals surface area (Å²) in [6, 6.07) is 6.07. The van der Waals surface area contributed by atoms with Crippen LogP contribution in [0.25, 0.3) is 10.2 Å². The summed E-state index contributed by atoms with van der Waals surface area (Å²) in [4.78, 5) is 19.1. The number of nitrogens with zero attached hydrogens (tertiary/aromatic N) is 5. The van der Waals surface area contributed by atoms with Crippen LogP contribution >= 0.6 is 11.3 Å². The Bertz CT molecular complexity index is 778. The molecule has 6 heteroatoms. The van der Waals surface area contributed by atoms with E-state index in [9.17, 15) is 0 Å². The molecule has 0 aliphatic carbocycles. The zero-order valence-electron chi connectivity index (χ0n) is 12.4. The molecule has 1 aliphatic rings. The summed E-state index contributed by atoms with van der Waals surface area (Å²) >= 11 is 1.69. The van der Waals surface area contributed by atoms with Crippen molar-refractivity contribution in [2.24, 2.45) is 0 Å². The van der Waals surface area contributed by atoms with E-state index in [0.717, 1.165) is 42.6 Å². The molecule has 1 aliphatic heterocycles. The first-order valence-corrected chi connectivity index (χ1v) is 8.30. The summed E-state index contributed by atoms with van der Waals surface area (Å²) in [5.41, 5.74) is 1.27. The normalized spacial score (nSPS) is 15.5. The fourth-order valence-corrected chi connectivity index (χ4v) is 3.81. The average molecular weight is 311 g/mol. The van der Waals surface area contributed by atoms with E-state index in [1.54, 1.807) is 17.7 Å². The number of hydrogen-bond donors (Lipinski definition) is 0. The fourth-order valence-electron chi connectivity index (χ4n) is 2.93. The summed E-state index contributed by atoms with van der Waals surface area (Å²) < 4.78 is 0. The number of rotatable bonds is 2. The van der Waals surface area contributed by atoms with Gasteiger partial charge in [-0.1, -0.05) is 6.07 Å². The highest BCUT2D eigenvalue weighted by Crippen LogP contribution is 2.31. The zero-order chi connectivity index (χ0) is 14.9. The molecule has 3 aromatic rings. The van der Waals surface area contributed by atoms with Crippen molar-refractivity contribution < 1.29 is 0 Å². The number of thiophene rings is 1. The third kappa shape index (κ3) is 2.29. The number of pyridine rings is 1. The van der Waals surface area contributed by atoms with Gasteiger partial charge in [0.25, 0.3) is 0 Å². The first-order valence-electron chi connectivity index (χ1n) is 7.42. The summed E-state index contributed by atoms with van der Waals surface area (Å²) in [5.74, 6) is 2.13. The predicted molar refractivity (Wildman–Crippen MR) is 90.8 cm³/mol. The third-order valence-electron chi connectivity index (χ3n) is 4.09. The smallest absolute Gasteiger partial charge is 0.141 e. The van der Waals surface area contributed by atoms with E-state index < -0.39 is 0 Å². The van der Waals surface area contributed by atoms with Gasteiger partial charge in [0.1, 0.15) is 22.8 Å². The lowest BCUT2D eigenvalue weighted by Gasteiger charge is -2.36. The Morgan fingerprint density at radius 3 is 2.59 bits per heavy atom. The van der Waals surface area contributed by atoms with Gasteiger partial charge in [-0.05, 0) is 30.0 Å². The maximum atomic E-state index is 4.55. The second kappa shape index (κ2) is 5.53. The Hall–Kier alpha value is -2.21. The molecule has 0 saturated carbocycles. The minimum Gasteiger partial charge on any atom is -0.353 e. The molecule has 0 radical (unpaired) electrons. The van der Waals surface area contributed by atoms with Crippen molar-refractivity contribution >= 4 is 33.2 Å². The van der Waals surface area contributed by atoms with Crippen molar-refractivity contribution in [2.75, 3.05) is 36.0 Å². The topological polar surface area (TPSA) is 45.2 Å². The number of anilines is 2. The SMILES string of the molecule is Cc1csc2ncnc(N3CCN(c4ccccn4)CC3)c12. The quantitative estimate of drug-likeness (QED) is 0.728. The molecule has 0 unspecified atom stereocenters. The first kappa shape index (κ1) is 13.5. The highest BCUT2D eigenvalue weighted by Gasteiger charge is 2.21. The number of aromatic nitrogens is 3. The molecule has 0 N–H and O–H groups in total. The van der Waals surface area contributed by atoms with Gasteiger partial charge in [0, 0.05) is 32.4 Å². The lowest BCUT2D eigenvalue weighted by molar-refractivity contribution is 0.643. The molecule has 0 atom stereocenters. The van der Waals surface area contributed by atoms with Crippen LogP contribution in [0.4, 0.5) is 11.6 Å². The van der Waals surface area contributed by atoms with Gasteiger partial charge >= 0.3 is 0 Å². The van der Waals surface area contributed by atoms with Gasteiger partial charge in [-0.2, -0.15) is 0 Å². The summed E-state index contributed by atoms with van der Waals surface area (Å²) in [5, 5.41) is 3.37. The third-order valence-corrected chi connectivity index (χ3v) is 5.09. The fraction of sp³-hybridized carbons (Fsp3) is 0.312. The van der Waals surface area contributed by atoms with Gasteiger partial charge in [-0.3, -0.25) is 0 Å². The van der Waals surface area contributed by atoms with Crippen LogP contribution in [0.3, 0.4) is 0 Å². The van der Waals surface area contributed by atoms with Crippen molar-refractivity contribution in [3.63, 3.8) is 0 Å². The van der Waals surface area contributed by atoms with Crippen molar-refractivity contribution in [3.8, 4) is 0 Å². The standard InChI is InChI=1S/C16H17N5S/c1-12-10-22-16-14(12)15(18-11-19-16)21-8-6-20(7-9-21)13-4-2-3-5-17-13/h2-5,10-11H,6-9H2,1H3. The van der Waals surface area contributed by atoms with E-state index >= 15 is 0 Å². The highest BCUT2D eigenvalue weighted by atomic mass is 32.1. The number of piperazine rings is 1. The number of fused-ring (bicyclic) bond motifs is 1. The van der Waals surface area contributed by atoms with E-state index in [2.05, 4.69) is 43.1 Å². The summed E-state index contributed by atoms with van der Waals surface area (Å²) in [6.07, 6.45) is 3.53. The lowest BCUT2D eigenvalue weighted by atomic mass is 10.2. The molecule has 4 rings (SSSR count). The Labute approximate surface area is 133 Å². The number of hydrogen-bond acceptors (Lipinski definition) is 6. The van der Waals surface area contributed by atoms with Gasteiger partial charge in [-0.15, -0.1) is 11.3 Å². The molecule has 3 aromatic heterocycles. The van der Waals surface area contributed by atoms with Crippen LogP contribution in [-0.2, 0) is 0 Å². The molecule has 5 nitrogen and oxygen atoms in total. The first-order chi connectivity index (χ1) is 10.8. The molecule has 1 fully saturated rings. The Kier molecular flexibility index (Phi) is 3.38. The van der Waals surface area contributed by atoms with E-state index in [1.165, 1.54) is 10.9 Å². The van der Waals surface area contributed by atoms with Gasteiger partial charge in [0.05, 0.1) is 5.39 Å². The maximum absolute atomic E-state index is 4.55. The molecular weight excluding hydrogens is 294 g/mol. The van der Waals surface area contributed by atoms with Crippen LogP contribution in [0.15, 0.2) is 36.1 Å². The van der Waals surface area contributed by atoms with Crippen LogP contribution in [0.2, 0.25) is 0 Å². The van der Waals surface area contributed by atoms with E-state index in [-0.39, 0.29) is 0 Å². The predicted octanol–water partition coefficient (Wildman–Crippen LogP) is 2.72. The maximum Gasteiger partial charge on any atom is 0.141 e. The number of aryl methyl sites for hydroxylation is 1. The van der Waals surface area contributed by atoms with Gasteiger partial charge in [0.15, 0.2) is 0 Å². The highest BCUT2D eigenvalue weighted by molar-refractivity contribution is 7.17. The van der Waals surface area contributed by atoms with Crippen LogP contribution in [0, 0.1) is 6.92 Å².